The molecular weight excluding hydrogens is 352 g/mol. The lowest BCUT2D eigenvalue weighted by molar-refractivity contribution is -0.126. The second-order valence-corrected chi connectivity index (χ2v) is 7.70. The molecule has 1 atom stereocenters. The van der Waals surface area contributed by atoms with Crippen LogP contribution in [0.3, 0.4) is 0 Å². The third-order valence-electron chi connectivity index (χ3n) is 5.06. The first-order chi connectivity index (χ1) is 13.3. The number of anilines is 1. The van der Waals surface area contributed by atoms with Crippen molar-refractivity contribution in [1.29, 1.82) is 0 Å². The Kier molecular flexibility index (Phi) is 6.02. The van der Waals surface area contributed by atoms with E-state index in [2.05, 4.69) is 5.32 Å². The van der Waals surface area contributed by atoms with Crippen LogP contribution >= 0.6 is 0 Å². The van der Waals surface area contributed by atoms with Crippen LogP contribution in [0.1, 0.15) is 37.0 Å². The summed E-state index contributed by atoms with van der Waals surface area (Å²) in [5, 5.41) is 2.96. The van der Waals surface area contributed by atoms with Gasteiger partial charge in [-0.05, 0) is 68.7 Å². The van der Waals surface area contributed by atoms with Crippen molar-refractivity contribution in [2.75, 3.05) is 11.4 Å². The monoisotopic (exact) mass is 380 g/mol. The molecule has 28 heavy (non-hydrogen) atoms. The molecule has 2 aromatic carbocycles. The normalized spacial score (nSPS) is 16.5. The van der Waals surface area contributed by atoms with Crippen LogP contribution in [0.4, 0.5) is 5.69 Å². The molecule has 0 unspecified atom stereocenters. The first kappa shape index (κ1) is 19.9. The Balaban J connectivity index is 1.56. The van der Waals surface area contributed by atoms with E-state index in [1.54, 1.807) is 4.90 Å². The summed E-state index contributed by atoms with van der Waals surface area (Å²) in [5.74, 6) is 0.411. The molecule has 1 fully saturated rings. The molecule has 0 bridgehead atoms. The van der Waals surface area contributed by atoms with Gasteiger partial charge >= 0.3 is 0 Å². The Morgan fingerprint density at radius 3 is 2.50 bits per heavy atom. The van der Waals surface area contributed by atoms with Gasteiger partial charge in [0.25, 0.3) is 0 Å². The van der Waals surface area contributed by atoms with Gasteiger partial charge in [0.05, 0.1) is 12.0 Å². The first-order valence-corrected chi connectivity index (χ1v) is 9.74. The fourth-order valence-electron chi connectivity index (χ4n) is 3.32. The predicted octanol–water partition coefficient (Wildman–Crippen LogP) is 3.76. The van der Waals surface area contributed by atoms with Crippen molar-refractivity contribution in [1.82, 2.24) is 5.32 Å². The highest BCUT2D eigenvalue weighted by atomic mass is 16.5. The van der Waals surface area contributed by atoms with Gasteiger partial charge in [0.15, 0.2) is 0 Å². The van der Waals surface area contributed by atoms with Crippen molar-refractivity contribution in [2.45, 2.75) is 46.8 Å². The first-order valence-electron chi connectivity index (χ1n) is 9.74. The van der Waals surface area contributed by atoms with Crippen LogP contribution in [0, 0.1) is 19.8 Å². The number of rotatable bonds is 6. The maximum absolute atomic E-state index is 12.6. The van der Waals surface area contributed by atoms with E-state index in [4.69, 9.17) is 4.74 Å². The van der Waals surface area contributed by atoms with E-state index >= 15 is 0 Å². The second-order valence-electron chi connectivity index (χ2n) is 7.70. The van der Waals surface area contributed by atoms with E-state index in [0.29, 0.717) is 13.1 Å². The average Bonchev–Trinajstić information content (AvgIpc) is 3.04. The van der Waals surface area contributed by atoms with Gasteiger partial charge in [-0.3, -0.25) is 9.59 Å². The Morgan fingerprint density at radius 2 is 1.86 bits per heavy atom. The van der Waals surface area contributed by atoms with Crippen LogP contribution in [-0.4, -0.2) is 24.5 Å². The fraction of sp³-hybridized carbons (Fsp3) is 0.391. The Labute approximate surface area is 166 Å². The number of carbonyl (C=O) groups excluding carboxylic acids is 2. The topological polar surface area (TPSA) is 58.6 Å². The van der Waals surface area contributed by atoms with Gasteiger partial charge < -0.3 is 15.0 Å². The number of benzene rings is 2. The molecule has 0 saturated carbocycles. The van der Waals surface area contributed by atoms with Crippen molar-refractivity contribution in [2.24, 2.45) is 5.92 Å². The maximum atomic E-state index is 12.6. The molecular formula is C23H28N2O3. The zero-order chi connectivity index (χ0) is 20.3. The predicted molar refractivity (Wildman–Crippen MR) is 110 cm³/mol. The van der Waals surface area contributed by atoms with Crippen molar-refractivity contribution in [3.8, 4) is 5.75 Å². The zero-order valence-electron chi connectivity index (χ0n) is 17.0. The van der Waals surface area contributed by atoms with Crippen molar-refractivity contribution < 1.29 is 14.3 Å². The zero-order valence-corrected chi connectivity index (χ0v) is 17.0. The average molecular weight is 380 g/mol. The molecule has 0 aliphatic carbocycles. The molecule has 2 amide bonds. The number of hydrogen-bond donors (Lipinski definition) is 1. The number of amides is 2. The van der Waals surface area contributed by atoms with Crippen molar-refractivity contribution in [3.63, 3.8) is 0 Å². The minimum absolute atomic E-state index is 0.00131. The van der Waals surface area contributed by atoms with Crippen LogP contribution in [0.25, 0.3) is 0 Å². The summed E-state index contributed by atoms with van der Waals surface area (Å²) in [4.78, 5) is 26.7. The highest BCUT2D eigenvalue weighted by molar-refractivity contribution is 6.00. The van der Waals surface area contributed by atoms with Gasteiger partial charge in [-0.25, -0.2) is 0 Å². The number of ether oxygens (including phenoxy) is 1. The summed E-state index contributed by atoms with van der Waals surface area (Å²) in [5.41, 5.74) is 4.20. The summed E-state index contributed by atoms with van der Waals surface area (Å²) in [6, 6.07) is 13.7. The highest BCUT2D eigenvalue weighted by Crippen LogP contribution is 2.27. The maximum Gasteiger partial charge on any atom is 0.227 e. The van der Waals surface area contributed by atoms with E-state index in [1.807, 2.05) is 70.2 Å². The van der Waals surface area contributed by atoms with Crippen LogP contribution in [0.5, 0.6) is 5.75 Å². The lowest BCUT2D eigenvalue weighted by atomic mass is 10.1. The van der Waals surface area contributed by atoms with Gasteiger partial charge in [-0.15, -0.1) is 0 Å². The van der Waals surface area contributed by atoms with Gasteiger partial charge in [0, 0.05) is 25.2 Å². The van der Waals surface area contributed by atoms with Crippen LogP contribution in [-0.2, 0) is 16.1 Å². The molecule has 3 rings (SSSR count). The van der Waals surface area contributed by atoms with Gasteiger partial charge in [0.2, 0.25) is 11.8 Å². The van der Waals surface area contributed by atoms with Crippen LogP contribution in [0.2, 0.25) is 0 Å². The van der Waals surface area contributed by atoms with Gasteiger partial charge in [0.1, 0.15) is 5.75 Å². The quantitative estimate of drug-likeness (QED) is 0.830. The third-order valence-corrected chi connectivity index (χ3v) is 5.06. The molecule has 1 saturated heterocycles. The van der Waals surface area contributed by atoms with Crippen LogP contribution in [0.15, 0.2) is 42.5 Å². The van der Waals surface area contributed by atoms with Crippen LogP contribution < -0.4 is 15.0 Å². The summed E-state index contributed by atoms with van der Waals surface area (Å²) in [6.07, 6.45) is 0.380. The lowest BCUT2D eigenvalue weighted by Gasteiger charge is -2.18. The summed E-state index contributed by atoms with van der Waals surface area (Å²) in [7, 11) is 0. The molecule has 2 aromatic rings. The molecule has 148 valence electrons. The third kappa shape index (κ3) is 4.71. The molecule has 1 N–H and O–H groups in total. The minimum Gasteiger partial charge on any atom is -0.491 e. The fourth-order valence-corrected chi connectivity index (χ4v) is 3.32. The Hall–Kier alpha value is -2.82. The van der Waals surface area contributed by atoms with E-state index in [0.717, 1.165) is 22.6 Å². The number of nitrogens with zero attached hydrogens (tertiary/aromatic N) is 1. The molecule has 0 spiro atoms. The SMILES string of the molecule is Cc1ccc(N2C[C@H](C(=O)NCc3ccc(OC(C)C)cc3)CC2=O)cc1C. The molecule has 1 heterocycles. The largest absolute Gasteiger partial charge is 0.491 e. The summed E-state index contributed by atoms with van der Waals surface area (Å²) in [6.45, 7) is 8.91. The van der Waals surface area contributed by atoms with E-state index in [1.165, 1.54) is 5.56 Å². The van der Waals surface area contributed by atoms with E-state index in [-0.39, 0.29) is 30.3 Å². The van der Waals surface area contributed by atoms with Crippen molar-refractivity contribution >= 4 is 17.5 Å². The van der Waals surface area contributed by atoms with E-state index in [9.17, 15) is 9.59 Å². The number of nitrogens with one attached hydrogen (secondary N) is 1. The molecule has 5 heteroatoms. The molecule has 0 radical (unpaired) electrons. The van der Waals surface area contributed by atoms with Gasteiger partial charge in [-0.2, -0.15) is 0 Å². The Morgan fingerprint density at radius 1 is 1.14 bits per heavy atom. The minimum atomic E-state index is -0.322. The number of hydrogen-bond acceptors (Lipinski definition) is 3. The molecule has 1 aliphatic heterocycles. The summed E-state index contributed by atoms with van der Waals surface area (Å²) < 4.78 is 5.63. The summed E-state index contributed by atoms with van der Waals surface area (Å²) >= 11 is 0. The molecule has 5 nitrogen and oxygen atoms in total. The smallest absolute Gasteiger partial charge is 0.227 e. The Bertz CT molecular complexity index is 859. The molecule has 0 aromatic heterocycles. The lowest BCUT2D eigenvalue weighted by Crippen LogP contribution is -2.32. The second kappa shape index (κ2) is 8.46. The van der Waals surface area contributed by atoms with E-state index < -0.39 is 0 Å². The molecule has 1 aliphatic rings. The highest BCUT2D eigenvalue weighted by Gasteiger charge is 2.35. The number of aryl methyl sites for hydroxylation is 2. The van der Waals surface area contributed by atoms with Crippen molar-refractivity contribution in [3.05, 3.63) is 59.2 Å². The standard InChI is InChI=1S/C23H28N2O3/c1-15(2)28-21-9-6-18(7-10-21)13-24-23(27)19-12-22(26)25(14-19)20-8-5-16(3)17(4)11-20/h5-11,15,19H,12-14H2,1-4H3,(H,24,27)/t19-/m1/s1. The van der Waals surface area contributed by atoms with Gasteiger partial charge in [-0.1, -0.05) is 18.2 Å². The number of carbonyl (C=O) groups is 2.